The number of pyridine rings is 1. The lowest BCUT2D eigenvalue weighted by molar-refractivity contribution is 0.192. The SMILES string of the molecule is O=C(NC1CCCc2ccccc21)N1CCCN(Cc2cccnc2)CC1. The highest BCUT2D eigenvalue weighted by Crippen LogP contribution is 2.29. The Morgan fingerprint density at radius 3 is 2.89 bits per heavy atom. The molecule has 1 fully saturated rings. The molecule has 1 aliphatic heterocycles. The normalized spacial score (nSPS) is 20.6. The van der Waals surface area contributed by atoms with Gasteiger partial charge in [0.25, 0.3) is 0 Å². The van der Waals surface area contributed by atoms with Crippen LogP contribution in [0.5, 0.6) is 0 Å². The third-order valence-corrected chi connectivity index (χ3v) is 5.67. The van der Waals surface area contributed by atoms with Crippen molar-refractivity contribution in [1.82, 2.24) is 20.1 Å². The zero-order valence-corrected chi connectivity index (χ0v) is 15.8. The van der Waals surface area contributed by atoms with Crippen LogP contribution in [0.3, 0.4) is 0 Å². The van der Waals surface area contributed by atoms with Gasteiger partial charge < -0.3 is 10.2 Å². The minimum Gasteiger partial charge on any atom is -0.331 e. The summed E-state index contributed by atoms with van der Waals surface area (Å²) >= 11 is 0. The van der Waals surface area contributed by atoms with Gasteiger partial charge in [0.15, 0.2) is 0 Å². The fourth-order valence-electron chi connectivity index (χ4n) is 4.23. The summed E-state index contributed by atoms with van der Waals surface area (Å²) in [7, 11) is 0. The molecule has 0 spiro atoms. The van der Waals surface area contributed by atoms with E-state index in [2.05, 4.69) is 45.5 Å². The number of benzene rings is 1. The van der Waals surface area contributed by atoms with Crippen LogP contribution in [0.2, 0.25) is 0 Å². The predicted molar refractivity (Wildman–Crippen MR) is 106 cm³/mol. The minimum absolute atomic E-state index is 0.0833. The molecular weight excluding hydrogens is 336 g/mol. The largest absolute Gasteiger partial charge is 0.331 e. The summed E-state index contributed by atoms with van der Waals surface area (Å²) in [6, 6.07) is 12.8. The van der Waals surface area contributed by atoms with Crippen molar-refractivity contribution in [3.8, 4) is 0 Å². The number of urea groups is 1. The average Bonchev–Trinajstić information content (AvgIpc) is 2.95. The molecule has 5 heteroatoms. The lowest BCUT2D eigenvalue weighted by Gasteiger charge is -2.29. The van der Waals surface area contributed by atoms with Crippen molar-refractivity contribution in [2.45, 2.75) is 38.3 Å². The van der Waals surface area contributed by atoms with Crippen LogP contribution in [0.4, 0.5) is 4.79 Å². The molecule has 1 aromatic heterocycles. The molecule has 2 aromatic rings. The van der Waals surface area contributed by atoms with Crippen molar-refractivity contribution >= 4 is 6.03 Å². The van der Waals surface area contributed by atoms with Crippen LogP contribution in [0.25, 0.3) is 0 Å². The molecule has 4 rings (SSSR count). The highest BCUT2D eigenvalue weighted by atomic mass is 16.2. The molecule has 2 aliphatic rings. The van der Waals surface area contributed by atoms with Crippen molar-refractivity contribution in [1.29, 1.82) is 0 Å². The van der Waals surface area contributed by atoms with Gasteiger partial charge >= 0.3 is 6.03 Å². The van der Waals surface area contributed by atoms with Gasteiger partial charge in [0.2, 0.25) is 0 Å². The number of hydrogen-bond donors (Lipinski definition) is 1. The average molecular weight is 364 g/mol. The number of aryl methyl sites for hydroxylation is 1. The Kier molecular flexibility index (Phi) is 5.68. The summed E-state index contributed by atoms with van der Waals surface area (Å²) < 4.78 is 0. The summed E-state index contributed by atoms with van der Waals surface area (Å²) in [5.41, 5.74) is 3.91. The van der Waals surface area contributed by atoms with Crippen LogP contribution in [-0.2, 0) is 13.0 Å². The van der Waals surface area contributed by atoms with Crippen molar-refractivity contribution < 1.29 is 4.79 Å². The highest BCUT2D eigenvalue weighted by molar-refractivity contribution is 5.75. The Morgan fingerprint density at radius 1 is 1.07 bits per heavy atom. The molecule has 1 unspecified atom stereocenters. The van der Waals surface area contributed by atoms with Gasteiger partial charge in [-0.05, 0) is 48.4 Å². The lowest BCUT2D eigenvalue weighted by atomic mass is 9.88. The fraction of sp³-hybridized carbons (Fsp3) is 0.455. The van der Waals surface area contributed by atoms with Gasteiger partial charge in [-0.15, -0.1) is 0 Å². The summed E-state index contributed by atoms with van der Waals surface area (Å²) in [5, 5.41) is 3.30. The molecule has 0 bridgehead atoms. The van der Waals surface area contributed by atoms with Crippen LogP contribution in [-0.4, -0.2) is 47.0 Å². The molecule has 0 radical (unpaired) electrons. The highest BCUT2D eigenvalue weighted by Gasteiger charge is 2.25. The standard InChI is InChI=1S/C22H28N4O/c27-22(24-21-10-3-8-19-7-1-2-9-20(19)21)26-13-5-12-25(14-15-26)17-18-6-4-11-23-16-18/h1-2,4,6-7,9,11,16,21H,3,5,8,10,12-15,17H2,(H,24,27). The smallest absolute Gasteiger partial charge is 0.317 e. The number of amides is 2. The molecule has 2 heterocycles. The molecule has 142 valence electrons. The number of nitrogens with one attached hydrogen (secondary N) is 1. The number of carbonyl (C=O) groups is 1. The second-order valence-electron chi connectivity index (χ2n) is 7.57. The summed E-state index contributed by atoms with van der Waals surface area (Å²) in [6.07, 6.45) is 8.03. The number of hydrogen-bond acceptors (Lipinski definition) is 3. The van der Waals surface area contributed by atoms with E-state index in [0.717, 1.165) is 58.4 Å². The van der Waals surface area contributed by atoms with Crippen molar-refractivity contribution in [2.24, 2.45) is 0 Å². The molecule has 0 saturated carbocycles. The molecule has 1 aliphatic carbocycles. The van der Waals surface area contributed by atoms with Crippen LogP contribution in [0.1, 0.15) is 42.0 Å². The molecule has 1 aromatic carbocycles. The number of aromatic nitrogens is 1. The van der Waals surface area contributed by atoms with Crippen LogP contribution < -0.4 is 5.32 Å². The Hall–Kier alpha value is -2.40. The Bertz CT molecular complexity index is 764. The molecule has 2 amide bonds. The van der Waals surface area contributed by atoms with Gasteiger partial charge in [0.1, 0.15) is 0 Å². The van der Waals surface area contributed by atoms with E-state index in [4.69, 9.17) is 0 Å². The van der Waals surface area contributed by atoms with Gasteiger partial charge in [-0.3, -0.25) is 9.88 Å². The van der Waals surface area contributed by atoms with Crippen LogP contribution in [0, 0.1) is 0 Å². The summed E-state index contributed by atoms with van der Waals surface area (Å²) in [5.74, 6) is 0. The fourth-order valence-corrected chi connectivity index (χ4v) is 4.23. The number of fused-ring (bicyclic) bond motifs is 1. The first-order chi connectivity index (χ1) is 13.3. The van der Waals surface area contributed by atoms with E-state index in [0.29, 0.717) is 0 Å². The number of rotatable bonds is 3. The first kappa shape index (κ1) is 18.0. The zero-order valence-electron chi connectivity index (χ0n) is 15.8. The Labute approximate surface area is 161 Å². The third-order valence-electron chi connectivity index (χ3n) is 5.67. The maximum absolute atomic E-state index is 12.9. The molecule has 27 heavy (non-hydrogen) atoms. The van der Waals surface area contributed by atoms with Crippen molar-refractivity contribution in [3.05, 3.63) is 65.5 Å². The third kappa shape index (κ3) is 4.48. The zero-order chi connectivity index (χ0) is 18.5. The van der Waals surface area contributed by atoms with Gasteiger partial charge in [0.05, 0.1) is 6.04 Å². The summed E-state index contributed by atoms with van der Waals surface area (Å²) in [6.45, 7) is 4.43. The minimum atomic E-state index is 0.0833. The maximum atomic E-state index is 12.9. The molecule has 1 saturated heterocycles. The second kappa shape index (κ2) is 8.53. The van der Waals surface area contributed by atoms with E-state index >= 15 is 0 Å². The van der Waals surface area contributed by atoms with E-state index in [1.54, 1.807) is 6.20 Å². The topological polar surface area (TPSA) is 48.5 Å². The molecule has 1 atom stereocenters. The van der Waals surface area contributed by atoms with Crippen LogP contribution >= 0.6 is 0 Å². The van der Waals surface area contributed by atoms with E-state index in [9.17, 15) is 4.79 Å². The van der Waals surface area contributed by atoms with E-state index < -0.39 is 0 Å². The summed E-state index contributed by atoms with van der Waals surface area (Å²) in [4.78, 5) is 21.5. The van der Waals surface area contributed by atoms with Gasteiger partial charge in [-0.25, -0.2) is 4.79 Å². The van der Waals surface area contributed by atoms with Gasteiger partial charge in [-0.1, -0.05) is 30.3 Å². The molecule has 5 nitrogen and oxygen atoms in total. The molecule has 1 N–H and O–H groups in total. The number of carbonyl (C=O) groups excluding carboxylic acids is 1. The first-order valence-electron chi connectivity index (χ1n) is 10.0. The first-order valence-corrected chi connectivity index (χ1v) is 10.0. The Balaban J connectivity index is 1.34. The van der Waals surface area contributed by atoms with E-state index in [-0.39, 0.29) is 12.1 Å². The molecular formula is C22H28N4O. The van der Waals surface area contributed by atoms with Gasteiger partial charge in [0, 0.05) is 45.1 Å². The van der Waals surface area contributed by atoms with Crippen molar-refractivity contribution in [2.75, 3.05) is 26.2 Å². The lowest BCUT2D eigenvalue weighted by Crippen LogP contribution is -2.44. The van der Waals surface area contributed by atoms with Crippen LogP contribution in [0.15, 0.2) is 48.8 Å². The quantitative estimate of drug-likeness (QED) is 0.908. The van der Waals surface area contributed by atoms with Crippen molar-refractivity contribution in [3.63, 3.8) is 0 Å². The predicted octanol–water partition coefficient (Wildman–Crippen LogP) is 3.38. The maximum Gasteiger partial charge on any atom is 0.317 e. The monoisotopic (exact) mass is 364 g/mol. The van der Waals surface area contributed by atoms with E-state index in [1.807, 2.05) is 17.2 Å². The second-order valence-corrected chi connectivity index (χ2v) is 7.57. The van der Waals surface area contributed by atoms with Gasteiger partial charge in [-0.2, -0.15) is 0 Å². The van der Waals surface area contributed by atoms with E-state index in [1.165, 1.54) is 16.7 Å². The Morgan fingerprint density at radius 2 is 2.00 bits per heavy atom. The number of nitrogens with zero attached hydrogens (tertiary/aromatic N) is 3.